The van der Waals surface area contributed by atoms with Gasteiger partial charge in [-0.05, 0) is 19.2 Å². The van der Waals surface area contributed by atoms with Crippen molar-refractivity contribution in [1.82, 2.24) is 10.2 Å². The van der Waals surface area contributed by atoms with E-state index in [2.05, 4.69) is 5.32 Å². The summed E-state index contributed by atoms with van der Waals surface area (Å²) in [6.45, 7) is 1.45. The molecule has 0 unspecified atom stereocenters. The molecule has 1 aromatic carbocycles. The molecule has 0 aliphatic rings. The Labute approximate surface area is 125 Å². The fourth-order valence-electron chi connectivity index (χ4n) is 1.68. The van der Waals surface area contributed by atoms with Crippen LogP contribution in [0.1, 0.15) is 6.42 Å². The van der Waals surface area contributed by atoms with E-state index in [0.29, 0.717) is 37.7 Å². The SMILES string of the molecule is COc1cccc(OCCC(=O)NCCN(C)CCF)c1. The van der Waals surface area contributed by atoms with E-state index in [1.54, 1.807) is 13.2 Å². The maximum absolute atomic E-state index is 12.1. The molecule has 21 heavy (non-hydrogen) atoms. The first-order valence-electron chi connectivity index (χ1n) is 6.93. The number of carbonyl (C=O) groups excluding carboxylic acids is 1. The molecule has 0 saturated carbocycles. The van der Waals surface area contributed by atoms with Crippen LogP contribution < -0.4 is 14.8 Å². The molecule has 0 aromatic heterocycles. The number of nitrogens with one attached hydrogen (secondary N) is 1. The lowest BCUT2D eigenvalue weighted by Crippen LogP contribution is -2.34. The average molecular weight is 298 g/mol. The van der Waals surface area contributed by atoms with Crippen LogP contribution in [0, 0.1) is 0 Å². The highest BCUT2D eigenvalue weighted by Crippen LogP contribution is 2.18. The van der Waals surface area contributed by atoms with Crippen LogP contribution in [0.3, 0.4) is 0 Å². The molecule has 5 nitrogen and oxygen atoms in total. The first-order chi connectivity index (χ1) is 10.2. The minimum atomic E-state index is -0.376. The summed E-state index contributed by atoms with van der Waals surface area (Å²) in [6, 6.07) is 7.23. The zero-order valence-electron chi connectivity index (χ0n) is 12.6. The lowest BCUT2D eigenvalue weighted by atomic mass is 10.3. The Hall–Kier alpha value is -1.82. The molecule has 0 atom stereocenters. The normalized spacial score (nSPS) is 10.5. The predicted octanol–water partition coefficient (Wildman–Crippen LogP) is 1.48. The Bertz CT molecular complexity index is 429. The van der Waals surface area contributed by atoms with Crippen LogP contribution in [0.15, 0.2) is 24.3 Å². The molecule has 0 bridgehead atoms. The molecular formula is C15H23FN2O3. The number of hydrogen-bond donors (Lipinski definition) is 1. The molecule has 0 aliphatic carbocycles. The second-order valence-corrected chi connectivity index (χ2v) is 4.62. The second kappa shape index (κ2) is 9.99. The predicted molar refractivity (Wildman–Crippen MR) is 79.6 cm³/mol. The van der Waals surface area contributed by atoms with Crippen LogP contribution in [-0.2, 0) is 4.79 Å². The summed E-state index contributed by atoms with van der Waals surface area (Å²) in [6.07, 6.45) is 0.282. The topological polar surface area (TPSA) is 50.8 Å². The minimum Gasteiger partial charge on any atom is -0.497 e. The van der Waals surface area contributed by atoms with E-state index < -0.39 is 0 Å². The fraction of sp³-hybridized carbons (Fsp3) is 0.533. The Morgan fingerprint density at radius 3 is 2.81 bits per heavy atom. The number of halogens is 1. The molecule has 6 heteroatoms. The van der Waals surface area contributed by atoms with Gasteiger partial charge in [-0.25, -0.2) is 4.39 Å². The Morgan fingerprint density at radius 2 is 2.10 bits per heavy atom. The number of amides is 1. The number of carbonyl (C=O) groups is 1. The quantitative estimate of drug-likeness (QED) is 0.711. The van der Waals surface area contributed by atoms with Crippen molar-refractivity contribution in [3.05, 3.63) is 24.3 Å². The first kappa shape index (κ1) is 17.2. The number of nitrogens with zero attached hydrogens (tertiary/aromatic N) is 1. The third-order valence-electron chi connectivity index (χ3n) is 2.92. The average Bonchev–Trinajstić information content (AvgIpc) is 2.48. The Morgan fingerprint density at radius 1 is 1.33 bits per heavy atom. The van der Waals surface area contributed by atoms with Crippen LogP contribution in [-0.4, -0.2) is 57.9 Å². The van der Waals surface area contributed by atoms with Gasteiger partial charge in [-0.15, -0.1) is 0 Å². The molecule has 1 aromatic rings. The molecule has 1 amide bonds. The molecular weight excluding hydrogens is 275 g/mol. The van der Waals surface area contributed by atoms with Gasteiger partial charge in [0.1, 0.15) is 18.2 Å². The van der Waals surface area contributed by atoms with E-state index in [1.807, 2.05) is 30.1 Å². The number of benzene rings is 1. The Balaban J connectivity index is 2.15. The van der Waals surface area contributed by atoms with E-state index in [0.717, 1.165) is 0 Å². The van der Waals surface area contributed by atoms with Crippen LogP contribution in [0.2, 0.25) is 0 Å². The zero-order chi connectivity index (χ0) is 15.5. The van der Waals surface area contributed by atoms with Crippen molar-refractivity contribution in [2.75, 3.05) is 47.1 Å². The maximum Gasteiger partial charge on any atom is 0.223 e. The number of alkyl halides is 1. The van der Waals surface area contributed by atoms with Gasteiger partial charge in [0.25, 0.3) is 0 Å². The summed E-state index contributed by atoms with van der Waals surface area (Å²) in [5.41, 5.74) is 0. The number of hydrogen-bond acceptors (Lipinski definition) is 4. The third-order valence-corrected chi connectivity index (χ3v) is 2.92. The van der Waals surface area contributed by atoms with Gasteiger partial charge in [0.05, 0.1) is 20.1 Å². The van der Waals surface area contributed by atoms with Crippen molar-refractivity contribution in [2.24, 2.45) is 0 Å². The minimum absolute atomic E-state index is 0.0773. The summed E-state index contributed by atoms with van der Waals surface area (Å²) in [5, 5.41) is 2.77. The molecule has 0 radical (unpaired) electrons. The van der Waals surface area contributed by atoms with Gasteiger partial charge in [0.2, 0.25) is 5.91 Å². The van der Waals surface area contributed by atoms with Gasteiger partial charge in [-0.1, -0.05) is 6.07 Å². The lowest BCUT2D eigenvalue weighted by molar-refractivity contribution is -0.121. The highest BCUT2D eigenvalue weighted by atomic mass is 19.1. The number of rotatable bonds is 10. The number of ether oxygens (including phenoxy) is 2. The van der Waals surface area contributed by atoms with Crippen molar-refractivity contribution in [2.45, 2.75) is 6.42 Å². The van der Waals surface area contributed by atoms with Crippen molar-refractivity contribution >= 4 is 5.91 Å². The highest BCUT2D eigenvalue weighted by molar-refractivity contribution is 5.75. The van der Waals surface area contributed by atoms with Gasteiger partial charge in [0.15, 0.2) is 0 Å². The van der Waals surface area contributed by atoms with Crippen LogP contribution in [0.25, 0.3) is 0 Å². The van der Waals surface area contributed by atoms with E-state index >= 15 is 0 Å². The third kappa shape index (κ3) is 7.51. The second-order valence-electron chi connectivity index (χ2n) is 4.62. The maximum atomic E-state index is 12.1. The van der Waals surface area contributed by atoms with Crippen LogP contribution in [0.4, 0.5) is 4.39 Å². The van der Waals surface area contributed by atoms with Gasteiger partial charge in [0, 0.05) is 25.7 Å². The van der Waals surface area contributed by atoms with Crippen molar-refractivity contribution in [1.29, 1.82) is 0 Å². The largest absolute Gasteiger partial charge is 0.497 e. The van der Waals surface area contributed by atoms with Crippen molar-refractivity contribution in [3.8, 4) is 11.5 Å². The molecule has 1 rings (SSSR count). The number of methoxy groups -OCH3 is 1. The Kier molecular flexibility index (Phi) is 8.19. The summed E-state index contributed by atoms with van der Waals surface area (Å²) in [5.74, 6) is 1.31. The smallest absolute Gasteiger partial charge is 0.223 e. The molecule has 0 spiro atoms. The summed E-state index contributed by atoms with van der Waals surface area (Å²) >= 11 is 0. The number of likely N-dealkylation sites (N-methyl/N-ethyl adjacent to an activating group) is 1. The highest BCUT2D eigenvalue weighted by Gasteiger charge is 2.03. The van der Waals surface area contributed by atoms with Gasteiger partial charge < -0.3 is 19.7 Å². The van der Waals surface area contributed by atoms with Gasteiger partial charge >= 0.3 is 0 Å². The molecule has 1 N–H and O–H groups in total. The first-order valence-corrected chi connectivity index (χ1v) is 6.93. The van der Waals surface area contributed by atoms with Crippen molar-refractivity contribution < 1.29 is 18.7 Å². The molecule has 0 heterocycles. The molecule has 118 valence electrons. The molecule has 0 aliphatic heterocycles. The van der Waals surface area contributed by atoms with Crippen LogP contribution in [0.5, 0.6) is 11.5 Å². The van der Waals surface area contributed by atoms with Gasteiger partial charge in [-0.2, -0.15) is 0 Å². The van der Waals surface area contributed by atoms with E-state index in [9.17, 15) is 9.18 Å². The van der Waals surface area contributed by atoms with Crippen molar-refractivity contribution in [3.63, 3.8) is 0 Å². The fourth-order valence-corrected chi connectivity index (χ4v) is 1.68. The van der Waals surface area contributed by atoms with E-state index in [4.69, 9.17) is 9.47 Å². The van der Waals surface area contributed by atoms with E-state index in [-0.39, 0.29) is 19.0 Å². The molecule has 0 fully saturated rings. The van der Waals surface area contributed by atoms with E-state index in [1.165, 1.54) is 0 Å². The zero-order valence-corrected chi connectivity index (χ0v) is 12.6. The summed E-state index contributed by atoms with van der Waals surface area (Å²) < 4.78 is 22.6. The molecule has 0 saturated heterocycles. The lowest BCUT2D eigenvalue weighted by Gasteiger charge is -2.14. The summed E-state index contributed by atoms with van der Waals surface area (Å²) in [7, 11) is 3.41. The monoisotopic (exact) mass is 298 g/mol. The standard InChI is InChI=1S/C15H23FN2O3/c1-18(9-7-16)10-8-17-15(19)6-11-21-14-5-3-4-13(12-14)20-2/h3-5,12H,6-11H2,1-2H3,(H,17,19). The van der Waals surface area contributed by atoms with Gasteiger partial charge in [-0.3, -0.25) is 4.79 Å². The summed E-state index contributed by atoms with van der Waals surface area (Å²) in [4.78, 5) is 13.4. The van der Waals surface area contributed by atoms with Crippen LogP contribution >= 0.6 is 0 Å².